The quantitative estimate of drug-likeness (QED) is 0.486. The smallest absolute Gasteiger partial charge is 0.211 e. The summed E-state index contributed by atoms with van der Waals surface area (Å²) in [6.07, 6.45) is 10.4. The maximum Gasteiger partial charge on any atom is 0.240 e. The molecule has 68 valence electrons. The lowest BCUT2D eigenvalue weighted by Gasteiger charge is -2.04. The molecule has 2 heteroatoms. The van der Waals surface area contributed by atoms with Gasteiger partial charge in [0.15, 0.2) is 0 Å². The number of rotatable bonds is 1. The van der Waals surface area contributed by atoms with Crippen molar-refractivity contribution in [1.29, 1.82) is 0 Å². The van der Waals surface area contributed by atoms with Gasteiger partial charge in [0.1, 0.15) is 0 Å². The number of nitrogens with zero attached hydrogens (tertiary/aromatic N) is 1. The van der Waals surface area contributed by atoms with Gasteiger partial charge >= 0.3 is 0 Å². The third-order valence-electron chi connectivity index (χ3n) is 2.20. The first-order valence-corrected chi connectivity index (χ1v) is 4.45. The third-order valence-corrected chi connectivity index (χ3v) is 2.20. The number of carbonyl (C=O) groups excluding carboxylic acids is 1. The molecule has 0 atom stereocenters. The van der Waals surface area contributed by atoms with Crippen LogP contribution in [0.4, 0.5) is 5.69 Å². The molecule has 0 fully saturated rings. The lowest BCUT2D eigenvalue weighted by molar-refractivity contribution is 0.565. The van der Waals surface area contributed by atoms with E-state index in [-0.39, 0.29) is 0 Å². The maximum atomic E-state index is 10.2. The lowest BCUT2D eigenvalue weighted by atomic mass is 10.0. The van der Waals surface area contributed by atoms with Gasteiger partial charge in [-0.15, -0.1) is 0 Å². The van der Waals surface area contributed by atoms with Crippen LogP contribution in [0.15, 0.2) is 41.4 Å². The number of benzene rings is 1. The van der Waals surface area contributed by atoms with E-state index in [9.17, 15) is 4.79 Å². The van der Waals surface area contributed by atoms with E-state index in [2.05, 4.69) is 4.99 Å². The van der Waals surface area contributed by atoms with E-state index >= 15 is 0 Å². The molecule has 0 aliphatic heterocycles. The fraction of sp³-hybridized carbons (Fsp3) is 0.0833. The molecule has 0 bridgehead atoms. The zero-order valence-electron chi connectivity index (χ0n) is 7.60. The number of hydrogen-bond donors (Lipinski definition) is 0. The van der Waals surface area contributed by atoms with Crippen LogP contribution in [0.5, 0.6) is 0 Å². The van der Waals surface area contributed by atoms with Gasteiger partial charge in [-0.05, 0) is 23.6 Å². The zero-order chi connectivity index (χ0) is 9.80. The molecule has 0 saturated heterocycles. The number of aliphatic imine (C=N–C) groups is 1. The topological polar surface area (TPSA) is 29.4 Å². The second-order valence-electron chi connectivity index (χ2n) is 3.04. The van der Waals surface area contributed by atoms with Crippen molar-refractivity contribution in [3.8, 4) is 0 Å². The second kappa shape index (κ2) is 3.86. The monoisotopic (exact) mass is 183 g/mol. The van der Waals surface area contributed by atoms with Crippen LogP contribution in [0.1, 0.15) is 11.1 Å². The summed E-state index contributed by atoms with van der Waals surface area (Å²) >= 11 is 0. The molecule has 2 rings (SSSR count). The largest absolute Gasteiger partial charge is 0.240 e. The highest BCUT2D eigenvalue weighted by molar-refractivity contribution is 5.66. The maximum absolute atomic E-state index is 10.2. The Bertz CT molecular complexity index is 451. The average molecular weight is 183 g/mol. The minimum atomic E-state index is 0.716. The van der Waals surface area contributed by atoms with E-state index in [1.165, 1.54) is 0 Å². The molecule has 1 aliphatic carbocycles. The number of hydrogen-bond acceptors (Lipinski definition) is 2. The molecule has 0 amide bonds. The Hall–Kier alpha value is -1.92. The van der Waals surface area contributed by atoms with Crippen LogP contribution in [0.3, 0.4) is 0 Å². The van der Waals surface area contributed by atoms with Crippen LogP contribution in [-0.2, 0) is 11.2 Å². The van der Waals surface area contributed by atoms with Crippen molar-refractivity contribution in [1.82, 2.24) is 0 Å². The van der Waals surface area contributed by atoms with Gasteiger partial charge in [0, 0.05) is 0 Å². The van der Waals surface area contributed by atoms with Gasteiger partial charge < -0.3 is 0 Å². The second-order valence-corrected chi connectivity index (χ2v) is 3.04. The molecule has 1 aromatic carbocycles. The summed E-state index contributed by atoms with van der Waals surface area (Å²) in [5.74, 6) is 0. The highest BCUT2D eigenvalue weighted by atomic mass is 16.1. The minimum absolute atomic E-state index is 0.716. The number of isocyanates is 1. The van der Waals surface area contributed by atoms with Crippen molar-refractivity contribution in [2.24, 2.45) is 4.99 Å². The molecular weight excluding hydrogens is 174 g/mol. The minimum Gasteiger partial charge on any atom is -0.211 e. The van der Waals surface area contributed by atoms with Crippen molar-refractivity contribution < 1.29 is 4.79 Å². The Kier molecular flexibility index (Phi) is 2.39. The van der Waals surface area contributed by atoms with E-state index in [4.69, 9.17) is 0 Å². The molecule has 14 heavy (non-hydrogen) atoms. The van der Waals surface area contributed by atoms with Gasteiger partial charge in [0.05, 0.1) is 5.69 Å². The van der Waals surface area contributed by atoms with E-state index in [1.54, 1.807) is 6.08 Å². The van der Waals surface area contributed by atoms with Crippen LogP contribution < -0.4 is 0 Å². The summed E-state index contributed by atoms with van der Waals surface area (Å²) in [7, 11) is 0. The van der Waals surface area contributed by atoms with Crippen LogP contribution in [0.2, 0.25) is 0 Å². The van der Waals surface area contributed by atoms with E-state index < -0.39 is 0 Å². The molecule has 0 unspecified atom stereocenters. The third kappa shape index (κ3) is 1.56. The molecule has 2 nitrogen and oxygen atoms in total. The van der Waals surface area contributed by atoms with Gasteiger partial charge in [-0.2, -0.15) is 4.99 Å². The molecule has 0 spiro atoms. The highest BCUT2D eigenvalue weighted by Crippen LogP contribution is 2.25. The fourth-order valence-electron chi connectivity index (χ4n) is 1.55. The van der Waals surface area contributed by atoms with Crippen LogP contribution >= 0.6 is 0 Å². The lowest BCUT2D eigenvalue weighted by Crippen LogP contribution is -1.86. The van der Waals surface area contributed by atoms with Crippen LogP contribution in [-0.4, -0.2) is 6.08 Å². The van der Waals surface area contributed by atoms with Gasteiger partial charge in [0.2, 0.25) is 6.08 Å². The average Bonchev–Trinajstić information content (AvgIpc) is 2.44. The first-order chi connectivity index (χ1) is 6.92. The molecule has 0 saturated carbocycles. The SMILES string of the molecule is O=C=Nc1cccc2c1CC=CC=C2. The van der Waals surface area contributed by atoms with Gasteiger partial charge in [-0.3, -0.25) is 0 Å². The van der Waals surface area contributed by atoms with E-state index in [1.807, 2.05) is 42.5 Å². The number of allylic oxidation sites excluding steroid dienone is 3. The first-order valence-electron chi connectivity index (χ1n) is 4.45. The Morgan fingerprint density at radius 2 is 2.21 bits per heavy atom. The molecule has 1 aliphatic rings. The number of fused-ring (bicyclic) bond motifs is 1. The molecule has 0 radical (unpaired) electrons. The molecule has 0 aromatic heterocycles. The van der Waals surface area contributed by atoms with E-state index in [0.717, 1.165) is 17.5 Å². The van der Waals surface area contributed by atoms with Crippen molar-refractivity contribution in [3.05, 3.63) is 47.6 Å². The van der Waals surface area contributed by atoms with Crippen LogP contribution in [0, 0.1) is 0 Å². The summed E-state index contributed by atoms with van der Waals surface area (Å²) in [5.41, 5.74) is 2.92. The molecule has 0 heterocycles. The normalized spacial score (nSPS) is 12.9. The summed E-state index contributed by atoms with van der Waals surface area (Å²) in [6.45, 7) is 0. The van der Waals surface area contributed by atoms with Crippen molar-refractivity contribution >= 4 is 17.8 Å². The van der Waals surface area contributed by atoms with Gasteiger partial charge in [0.25, 0.3) is 0 Å². The Morgan fingerprint density at radius 3 is 3.07 bits per heavy atom. The van der Waals surface area contributed by atoms with Crippen molar-refractivity contribution in [2.75, 3.05) is 0 Å². The summed E-state index contributed by atoms with van der Waals surface area (Å²) < 4.78 is 0. The molecule has 1 aromatic rings. The summed E-state index contributed by atoms with van der Waals surface area (Å²) in [6, 6.07) is 5.74. The Morgan fingerprint density at radius 1 is 1.29 bits per heavy atom. The van der Waals surface area contributed by atoms with E-state index in [0.29, 0.717) is 5.69 Å². The van der Waals surface area contributed by atoms with Crippen LogP contribution in [0.25, 0.3) is 6.08 Å². The first kappa shape index (κ1) is 8.67. The van der Waals surface area contributed by atoms with Crippen molar-refractivity contribution in [3.63, 3.8) is 0 Å². The Balaban J connectivity index is 2.60. The summed E-state index contributed by atoms with van der Waals surface area (Å²) in [5, 5.41) is 0. The standard InChI is InChI=1S/C12H9NO/c14-9-13-12-8-4-6-10-5-2-1-3-7-11(10)12/h1-6,8H,7H2. The highest BCUT2D eigenvalue weighted by Gasteiger charge is 2.05. The predicted molar refractivity (Wildman–Crippen MR) is 56.1 cm³/mol. The zero-order valence-corrected chi connectivity index (χ0v) is 7.60. The molecular formula is C12H9NO. The summed E-state index contributed by atoms with van der Waals surface area (Å²) in [4.78, 5) is 13.9. The fourth-order valence-corrected chi connectivity index (χ4v) is 1.55. The van der Waals surface area contributed by atoms with Crippen molar-refractivity contribution in [2.45, 2.75) is 6.42 Å². The molecule has 0 N–H and O–H groups in total. The Labute approximate surface area is 82.3 Å². The van der Waals surface area contributed by atoms with Gasteiger partial charge in [-0.25, -0.2) is 4.79 Å². The predicted octanol–water partition coefficient (Wildman–Crippen LogP) is 2.78. The van der Waals surface area contributed by atoms with Gasteiger partial charge in [-0.1, -0.05) is 36.4 Å².